The highest BCUT2D eigenvalue weighted by Crippen LogP contribution is 2.32. The third-order valence-corrected chi connectivity index (χ3v) is 5.35. The molecule has 126 valence electrons. The minimum absolute atomic E-state index is 0.272. The van der Waals surface area contributed by atoms with Gasteiger partial charge in [0.25, 0.3) is 0 Å². The molecule has 0 amide bonds. The Kier molecular flexibility index (Phi) is 5.47. The van der Waals surface area contributed by atoms with E-state index in [1.807, 2.05) is 6.07 Å². The van der Waals surface area contributed by atoms with Gasteiger partial charge in [0, 0.05) is 12.6 Å². The van der Waals surface area contributed by atoms with Crippen LogP contribution in [0.5, 0.6) is 0 Å². The zero-order chi connectivity index (χ0) is 16.1. The SMILES string of the molecule is COC(=O)c1ccc(N2CCCC2CCC2CCCCC2)nn1. The van der Waals surface area contributed by atoms with Crippen LogP contribution >= 0.6 is 0 Å². The molecule has 5 heteroatoms. The molecule has 1 aliphatic heterocycles. The lowest BCUT2D eigenvalue weighted by molar-refractivity contribution is 0.0592. The second-order valence-electron chi connectivity index (χ2n) is 6.84. The van der Waals surface area contributed by atoms with Gasteiger partial charge in [-0.2, -0.15) is 0 Å². The van der Waals surface area contributed by atoms with E-state index in [1.165, 1.54) is 64.9 Å². The lowest BCUT2D eigenvalue weighted by Gasteiger charge is -2.28. The Bertz CT molecular complexity index is 512. The molecule has 1 atom stereocenters. The summed E-state index contributed by atoms with van der Waals surface area (Å²) in [5, 5.41) is 8.26. The molecule has 0 spiro atoms. The minimum atomic E-state index is -0.431. The van der Waals surface area contributed by atoms with Crippen LogP contribution in [0.4, 0.5) is 5.82 Å². The second kappa shape index (κ2) is 7.75. The van der Waals surface area contributed by atoms with Crippen LogP contribution in [0.1, 0.15) is 68.3 Å². The first kappa shape index (κ1) is 16.2. The molecular weight excluding hydrogens is 290 g/mol. The van der Waals surface area contributed by atoms with Crippen molar-refractivity contribution in [1.29, 1.82) is 0 Å². The number of ether oxygens (including phenoxy) is 1. The summed E-state index contributed by atoms with van der Waals surface area (Å²) in [6.45, 7) is 1.04. The Hall–Kier alpha value is -1.65. The largest absolute Gasteiger partial charge is 0.464 e. The van der Waals surface area contributed by atoms with Crippen LogP contribution in [0, 0.1) is 5.92 Å². The van der Waals surface area contributed by atoms with E-state index in [1.54, 1.807) is 6.07 Å². The first-order valence-electron chi connectivity index (χ1n) is 8.96. The molecule has 1 saturated carbocycles. The summed E-state index contributed by atoms with van der Waals surface area (Å²) in [5.74, 6) is 1.39. The predicted molar refractivity (Wildman–Crippen MR) is 89.5 cm³/mol. The average molecular weight is 317 g/mol. The van der Waals surface area contributed by atoms with Crippen LogP contribution in [0.25, 0.3) is 0 Å². The molecule has 1 aromatic rings. The minimum Gasteiger partial charge on any atom is -0.464 e. The molecule has 0 bridgehead atoms. The molecule has 2 heterocycles. The van der Waals surface area contributed by atoms with E-state index in [0.29, 0.717) is 6.04 Å². The van der Waals surface area contributed by atoms with E-state index < -0.39 is 5.97 Å². The van der Waals surface area contributed by atoms with Gasteiger partial charge in [-0.25, -0.2) is 4.79 Å². The molecule has 1 aliphatic carbocycles. The van der Waals surface area contributed by atoms with Crippen LogP contribution < -0.4 is 4.90 Å². The number of nitrogens with zero attached hydrogens (tertiary/aromatic N) is 3. The van der Waals surface area contributed by atoms with Gasteiger partial charge in [-0.3, -0.25) is 0 Å². The predicted octanol–water partition coefficient (Wildman–Crippen LogP) is 3.59. The van der Waals surface area contributed by atoms with Crippen LogP contribution in [0.2, 0.25) is 0 Å². The van der Waals surface area contributed by atoms with Crippen molar-refractivity contribution in [1.82, 2.24) is 10.2 Å². The van der Waals surface area contributed by atoms with Gasteiger partial charge < -0.3 is 9.64 Å². The second-order valence-corrected chi connectivity index (χ2v) is 6.84. The summed E-state index contributed by atoms with van der Waals surface area (Å²) in [5.41, 5.74) is 0.272. The van der Waals surface area contributed by atoms with Crippen LogP contribution in [0.3, 0.4) is 0 Å². The summed E-state index contributed by atoms with van der Waals surface area (Å²) >= 11 is 0. The molecule has 0 N–H and O–H groups in total. The summed E-state index contributed by atoms with van der Waals surface area (Å²) in [6.07, 6.45) is 12.1. The van der Waals surface area contributed by atoms with E-state index in [4.69, 9.17) is 0 Å². The Balaban J connectivity index is 1.58. The normalized spacial score (nSPS) is 22.3. The number of hydrogen-bond donors (Lipinski definition) is 0. The number of rotatable bonds is 5. The molecule has 0 aromatic carbocycles. The number of methoxy groups -OCH3 is 1. The maximum absolute atomic E-state index is 11.4. The molecule has 0 radical (unpaired) electrons. The van der Waals surface area contributed by atoms with Gasteiger partial charge in [0.1, 0.15) is 0 Å². The molecule has 1 saturated heterocycles. The van der Waals surface area contributed by atoms with E-state index in [0.717, 1.165) is 18.3 Å². The molecule has 1 aromatic heterocycles. The van der Waals surface area contributed by atoms with E-state index in [-0.39, 0.29) is 5.69 Å². The molecule has 23 heavy (non-hydrogen) atoms. The lowest BCUT2D eigenvalue weighted by atomic mass is 9.85. The number of hydrogen-bond acceptors (Lipinski definition) is 5. The highest BCUT2D eigenvalue weighted by atomic mass is 16.5. The summed E-state index contributed by atoms with van der Waals surface area (Å²) < 4.78 is 4.67. The summed E-state index contributed by atoms with van der Waals surface area (Å²) in [4.78, 5) is 13.8. The number of carbonyl (C=O) groups is 1. The van der Waals surface area contributed by atoms with Crippen molar-refractivity contribution in [2.45, 2.75) is 63.8 Å². The molecule has 5 nitrogen and oxygen atoms in total. The van der Waals surface area contributed by atoms with Crippen molar-refractivity contribution in [3.8, 4) is 0 Å². The Morgan fingerprint density at radius 3 is 2.65 bits per heavy atom. The van der Waals surface area contributed by atoms with Crippen molar-refractivity contribution in [2.75, 3.05) is 18.6 Å². The Morgan fingerprint density at radius 1 is 1.13 bits per heavy atom. The van der Waals surface area contributed by atoms with Gasteiger partial charge in [-0.1, -0.05) is 32.1 Å². The highest BCUT2D eigenvalue weighted by Gasteiger charge is 2.27. The van der Waals surface area contributed by atoms with Crippen LogP contribution in [-0.2, 0) is 4.74 Å². The van der Waals surface area contributed by atoms with Crippen molar-refractivity contribution >= 4 is 11.8 Å². The average Bonchev–Trinajstić information content (AvgIpc) is 3.09. The third kappa shape index (κ3) is 4.01. The first-order valence-corrected chi connectivity index (χ1v) is 8.96. The zero-order valence-corrected chi connectivity index (χ0v) is 14.0. The third-order valence-electron chi connectivity index (χ3n) is 5.35. The molecular formula is C18H27N3O2. The van der Waals surface area contributed by atoms with Gasteiger partial charge in [0.05, 0.1) is 7.11 Å². The lowest BCUT2D eigenvalue weighted by Crippen LogP contribution is -2.31. The molecule has 2 aliphatic rings. The smallest absolute Gasteiger partial charge is 0.358 e. The fourth-order valence-corrected chi connectivity index (χ4v) is 4.03. The Labute approximate surface area is 138 Å². The zero-order valence-electron chi connectivity index (χ0n) is 14.0. The van der Waals surface area contributed by atoms with Gasteiger partial charge >= 0.3 is 5.97 Å². The van der Waals surface area contributed by atoms with E-state index >= 15 is 0 Å². The van der Waals surface area contributed by atoms with E-state index in [9.17, 15) is 4.79 Å². The van der Waals surface area contributed by atoms with Crippen molar-refractivity contribution in [3.63, 3.8) is 0 Å². The summed E-state index contributed by atoms with van der Waals surface area (Å²) in [7, 11) is 1.36. The highest BCUT2D eigenvalue weighted by molar-refractivity contribution is 5.86. The topological polar surface area (TPSA) is 55.3 Å². The van der Waals surface area contributed by atoms with Gasteiger partial charge in [0.15, 0.2) is 11.5 Å². The number of esters is 1. The summed E-state index contributed by atoms with van der Waals surface area (Å²) in [6, 6.07) is 4.19. The molecule has 3 rings (SSSR count). The van der Waals surface area contributed by atoms with Gasteiger partial charge in [0.2, 0.25) is 0 Å². The van der Waals surface area contributed by atoms with Crippen molar-refractivity contribution < 1.29 is 9.53 Å². The van der Waals surface area contributed by atoms with Gasteiger partial charge in [-0.15, -0.1) is 10.2 Å². The first-order chi connectivity index (χ1) is 11.3. The fourth-order valence-electron chi connectivity index (χ4n) is 4.03. The number of anilines is 1. The van der Waals surface area contributed by atoms with Crippen LogP contribution in [0.15, 0.2) is 12.1 Å². The standard InChI is InChI=1S/C18H27N3O2/c1-23-18(22)16-11-12-17(20-19-16)21-13-5-8-15(21)10-9-14-6-3-2-4-7-14/h11-12,14-15H,2-10,13H2,1H3. The van der Waals surface area contributed by atoms with Gasteiger partial charge in [-0.05, 0) is 43.7 Å². The maximum Gasteiger partial charge on any atom is 0.358 e. The maximum atomic E-state index is 11.4. The molecule has 2 fully saturated rings. The Morgan fingerprint density at radius 2 is 1.96 bits per heavy atom. The fraction of sp³-hybridized carbons (Fsp3) is 0.722. The van der Waals surface area contributed by atoms with Crippen LogP contribution in [-0.4, -0.2) is 35.9 Å². The number of carbonyl (C=O) groups excluding carboxylic acids is 1. The monoisotopic (exact) mass is 317 g/mol. The van der Waals surface area contributed by atoms with E-state index in [2.05, 4.69) is 19.8 Å². The quantitative estimate of drug-likeness (QED) is 0.777. The number of aromatic nitrogens is 2. The van der Waals surface area contributed by atoms with Crippen molar-refractivity contribution in [2.24, 2.45) is 5.92 Å². The van der Waals surface area contributed by atoms with Crippen molar-refractivity contribution in [3.05, 3.63) is 17.8 Å². The molecule has 1 unspecified atom stereocenters.